The molecular weight excluding hydrogens is 270 g/mol. The fraction of sp³-hybridized carbons (Fsp3) is 0.438. The van der Waals surface area contributed by atoms with Crippen molar-refractivity contribution in [2.75, 3.05) is 18.1 Å². The van der Waals surface area contributed by atoms with E-state index in [1.165, 1.54) is 0 Å². The molecule has 0 aromatic heterocycles. The van der Waals surface area contributed by atoms with Gasteiger partial charge < -0.3 is 9.64 Å². The van der Waals surface area contributed by atoms with E-state index >= 15 is 0 Å². The highest BCUT2D eigenvalue weighted by Gasteiger charge is 2.35. The second-order valence-corrected chi connectivity index (χ2v) is 4.93. The molecule has 0 spiro atoms. The summed E-state index contributed by atoms with van der Waals surface area (Å²) < 4.78 is 5.00. The molecule has 0 radical (unpaired) electrons. The average Bonchev–Trinajstić information content (AvgIpc) is 2.62. The SMILES string of the molecule is CCOC(=O)C1CCc2ccc(C=O)cc2N(CC)C1=O. The molecular formula is C16H19NO4. The first-order chi connectivity index (χ1) is 10.1. The van der Waals surface area contributed by atoms with Gasteiger partial charge in [0.05, 0.1) is 6.61 Å². The summed E-state index contributed by atoms with van der Waals surface area (Å²) in [6, 6.07) is 5.29. The number of aldehydes is 1. The van der Waals surface area contributed by atoms with Crippen LogP contribution in [0.15, 0.2) is 18.2 Å². The maximum Gasteiger partial charge on any atom is 0.318 e. The van der Waals surface area contributed by atoms with Crippen molar-refractivity contribution in [2.24, 2.45) is 5.92 Å². The first-order valence-electron chi connectivity index (χ1n) is 7.18. The molecule has 5 heteroatoms. The summed E-state index contributed by atoms with van der Waals surface area (Å²) in [5.74, 6) is -1.49. The molecule has 1 aliphatic rings. The predicted octanol–water partition coefficient (Wildman–Crippen LogP) is 1.98. The smallest absolute Gasteiger partial charge is 0.318 e. The lowest BCUT2D eigenvalue weighted by Crippen LogP contribution is -2.39. The molecule has 1 aromatic carbocycles. The van der Waals surface area contributed by atoms with Gasteiger partial charge in [0, 0.05) is 17.8 Å². The van der Waals surface area contributed by atoms with Crippen molar-refractivity contribution in [3.05, 3.63) is 29.3 Å². The van der Waals surface area contributed by atoms with Gasteiger partial charge in [0.2, 0.25) is 5.91 Å². The molecule has 0 saturated heterocycles. The molecule has 0 aliphatic carbocycles. The molecule has 0 fully saturated rings. The molecule has 1 aromatic rings. The third-order valence-corrected chi connectivity index (χ3v) is 3.69. The minimum absolute atomic E-state index is 0.252. The van der Waals surface area contributed by atoms with E-state index in [9.17, 15) is 14.4 Å². The summed E-state index contributed by atoms with van der Waals surface area (Å²) in [5.41, 5.74) is 2.22. The second-order valence-electron chi connectivity index (χ2n) is 4.93. The standard InChI is InChI=1S/C16H19NO4/c1-3-17-14-9-11(10-18)5-6-12(14)7-8-13(15(17)19)16(20)21-4-2/h5-6,9-10,13H,3-4,7-8H2,1-2H3. The van der Waals surface area contributed by atoms with Crippen molar-refractivity contribution in [1.82, 2.24) is 0 Å². The van der Waals surface area contributed by atoms with Crippen LogP contribution in [-0.4, -0.2) is 31.3 Å². The van der Waals surface area contributed by atoms with Gasteiger partial charge in [-0.25, -0.2) is 0 Å². The van der Waals surface area contributed by atoms with Crippen LogP contribution in [-0.2, 0) is 20.7 Å². The first kappa shape index (κ1) is 15.2. The summed E-state index contributed by atoms with van der Waals surface area (Å²) in [6.07, 6.45) is 1.80. The molecule has 0 bridgehead atoms. The Kier molecular flexibility index (Phi) is 4.73. The van der Waals surface area contributed by atoms with E-state index in [1.54, 1.807) is 24.0 Å². The number of carbonyl (C=O) groups excluding carboxylic acids is 3. The topological polar surface area (TPSA) is 63.7 Å². The summed E-state index contributed by atoms with van der Waals surface area (Å²) >= 11 is 0. The minimum Gasteiger partial charge on any atom is -0.465 e. The Hall–Kier alpha value is -2.17. The number of rotatable bonds is 4. The fourth-order valence-corrected chi connectivity index (χ4v) is 2.63. The maximum absolute atomic E-state index is 12.6. The zero-order valence-electron chi connectivity index (χ0n) is 12.3. The predicted molar refractivity (Wildman–Crippen MR) is 78.3 cm³/mol. The van der Waals surface area contributed by atoms with E-state index in [1.807, 2.05) is 13.0 Å². The molecule has 1 unspecified atom stereocenters. The van der Waals surface area contributed by atoms with Crippen molar-refractivity contribution in [3.63, 3.8) is 0 Å². The molecule has 1 aliphatic heterocycles. The first-order valence-corrected chi connectivity index (χ1v) is 7.18. The number of anilines is 1. The van der Waals surface area contributed by atoms with Gasteiger partial charge in [-0.1, -0.05) is 12.1 Å². The number of hydrogen-bond acceptors (Lipinski definition) is 4. The number of esters is 1. The molecule has 1 heterocycles. The largest absolute Gasteiger partial charge is 0.465 e. The molecule has 1 atom stereocenters. The van der Waals surface area contributed by atoms with E-state index in [-0.39, 0.29) is 12.5 Å². The Balaban J connectivity index is 2.40. The van der Waals surface area contributed by atoms with Gasteiger partial charge in [-0.05, 0) is 38.3 Å². The summed E-state index contributed by atoms with van der Waals surface area (Å²) in [5, 5.41) is 0. The lowest BCUT2D eigenvalue weighted by molar-refractivity contribution is -0.151. The van der Waals surface area contributed by atoms with E-state index in [0.29, 0.717) is 24.9 Å². The van der Waals surface area contributed by atoms with Gasteiger partial charge in [0.25, 0.3) is 0 Å². The van der Waals surface area contributed by atoms with Gasteiger partial charge >= 0.3 is 5.97 Å². The highest BCUT2D eigenvalue weighted by atomic mass is 16.5. The van der Waals surface area contributed by atoms with Crippen molar-refractivity contribution in [3.8, 4) is 0 Å². The summed E-state index contributed by atoms with van der Waals surface area (Å²) in [4.78, 5) is 37.1. The zero-order valence-corrected chi connectivity index (χ0v) is 12.3. The van der Waals surface area contributed by atoms with Crippen LogP contribution in [0.1, 0.15) is 36.2 Å². The van der Waals surface area contributed by atoms with Crippen molar-refractivity contribution < 1.29 is 19.1 Å². The van der Waals surface area contributed by atoms with E-state index in [0.717, 1.165) is 17.5 Å². The lowest BCUT2D eigenvalue weighted by atomic mass is 10.00. The number of aryl methyl sites for hydroxylation is 1. The zero-order chi connectivity index (χ0) is 15.4. The molecule has 0 N–H and O–H groups in total. The number of carbonyl (C=O) groups is 3. The number of hydrogen-bond donors (Lipinski definition) is 0. The maximum atomic E-state index is 12.6. The average molecular weight is 289 g/mol. The van der Waals surface area contributed by atoms with E-state index < -0.39 is 11.9 Å². The number of ether oxygens (including phenoxy) is 1. The van der Waals surface area contributed by atoms with Crippen LogP contribution in [0.5, 0.6) is 0 Å². The molecule has 5 nitrogen and oxygen atoms in total. The van der Waals surface area contributed by atoms with Crippen molar-refractivity contribution >= 4 is 23.9 Å². The number of nitrogens with zero attached hydrogens (tertiary/aromatic N) is 1. The van der Waals surface area contributed by atoms with Crippen molar-refractivity contribution in [1.29, 1.82) is 0 Å². The second kappa shape index (κ2) is 6.52. The van der Waals surface area contributed by atoms with Crippen LogP contribution in [0.4, 0.5) is 5.69 Å². The van der Waals surface area contributed by atoms with Gasteiger partial charge in [-0.15, -0.1) is 0 Å². The highest BCUT2D eigenvalue weighted by molar-refractivity contribution is 6.07. The van der Waals surface area contributed by atoms with Gasteiger partial charge in [0.15, 0.2) is 0 Å². The van der Waals surface area contributed by atoms with Crippen molar-refractivity contribution in [2.45, 2.75) is 26.7 Å². The van der Waals surface area contributed by atoms with Crippen LogP contribution in [0.3, 0.4) is 0 Å². The number of benzene rings is 1. The normalized spacial score (nSPS) is 17.9. The molecule has 0 saturated carbocycles. The lowest BCUT2D eigenvalue weighted by Gasteiger charge is -2.24. The number of amides is 1. The van der Waals surface area contributed by atoms with Gasteiger partial charge in [0.1, 0.15) is 12.2 Å². The Morgan fingerprint density at radius 2 is 2.19 bits per heavy atom. The van der Waals surface area contributed by atoms with Crippen LogP contribution in [0.25, 0.3) is 0 Å². The third-order valence-electron chi connectivity index (χ3n) is 3.69. The van der Waals surface area contributed by atoms with E-state index in [4.69, 9.17) is 4.74 Å². The van der Waals surface area contributed by atoms with Gasteiger partial charge in [-0.3, -0.25) is 14.4 Å². The minimum atomic E-state index is -0.767. The Morgan fingerprint density at radius 1 is 1.43 bits per heavy atom. The molecule has 2 rings (SSSR count). The molecule has 112 valence electrons. The van der Waals surface area contributed by atoms with Crippen LogP contribution in [0, 0.1) is 5.92 Å². The van der Waals surface area contributed by atoms with Crippen LogP contribution in [0.2, 0.25) is 0 Å². The summed E-state index contributed by atoms with van der Waals surface area (Å²) in [7, 11) is 0. The highest BCUT2D eigenvalue weighted by Crippen LogP contribution is 2.30. The van der Waals surface area contributed by atoms with Crippen LogP contribution < -0.4 is 4.90 Å². The monoisotopic (exact) mass is 289 g/mol. The third kappa shape index (κ3) is 2.96. The Morgan fingerprint density at radius 3 is 2.81 bits per heavy atom. The van der Waals surface area contributed by atoms with E-state index in [2.05, 4.69) is 0 Å². The quantitative estimate of drug-likeness (QED) is 0.483. The molecule has 21 heavy (non-hydrogen) atoms. The Labute approximate surface area is 123 Å². The molecule has 1 amide bonds. The fourth-order valence-electron chi connectivity index (χ4n) is 2.63. The van der Waals surface area contributed by atoms with Gasteiger partial charge in [-0.2, -0.15) is 0 Å². The van der Waals surface area contributed by atoms with Crippen LogP contribution >= 0.6 is 0 Å². The summed E-state index contributed by atoms with van der Waals surface area (Å²) in [6.45, 7) is 4.28. The number of fused-ring (bicyclic) bond motifs is 1. The Bertz CT molecular complexity index is 567.